The molecule has 0 atom stereocenters. The second-order valence-corrected chi connectivity index (χ2v) is 6.49. The summed E-state index contributed by atoms with van der Waals surface area (Å²) in [7, 11) is 0. The van der Waals surface area contributed by atoms with Crippen molar-refractivity contribution in [2.75, 3.05) is 11.9 Å². The van der Waals surface area contributed by atoms with Crippen molar-refractivity contribution in [3.05, 3.63) is 70.1 Å². The topological polar surface area (TPSA) is 86.1 Å². The van der Waals surface area contributed by atoms with Crippen molar-refractivity contribution in [1.82, 2.24) is 14.8 Å². The zero-order valence-corrected chi connectivity index (χ0v) is 16.1. The smallest absolute Gasteiger partial charge is 0.359 e. The summed E-state index contributed by atoms with van der Waals surface area (Å²) in [6, 6.07) is 7.46. The molecule has 10 heteroatoms. The van der Waals surface area contributed by atoms with Crippen LogP contribution in [0.2, 0.25) is 5.02 Å². The van der Waals surface area contributed by atoms with Crippen LogP contribution in [0.5, 0.6) is 0 Å². The highest BCUT2D eigenvalue weighted by Crippen LogP contribution is 2.19. The second kappa shape index (κ2) is 8.36. The maximum Gasteiger partial charge on any atom is 0.359 e. The van der Waals surface area contributed by atoms with Crippen LogP contribution in [-0.4, -0.2) is 33.2 Å². The number of anilines is 1. The Morgan fingerprint density at radius 1 is 1.17 bits per heavy atom. The van der Waals surface area contributed by atoms with Crippen LogP contribution in [0.1, 0.15) is 21.9 Å². The molecule has 0 saturated carbocycles. The van der Waals surface area contributed by atoms with E-state index in [1.807, 2.05) is 19.9 Å². The number of hydrogen-bond acceptors (Lipinski definition) is 5. The average molecular weight is 421 g/mol. The zero-order chi connectivity index (χ0) is 21.1. The summed E-state index contributed by atoms with van der Waals surface area (Å²) >= 11 is 6.02. The first-order valence-corrected chi connectivity index (χ1v) is 8.74. The number of carbonyl (C=O) groups is 2. The van der Waals surface area contributed by atoms with Gasteiger partial charge in [0.05, 0.1) is 16.4 Å². The molecule has 29 heavy (non-hydrogen) atoms. The molecular weight excluding hydrogens is 406 g/mol. The Hall–Kier alpha value is -3.33. The van der Waals surface area contributed by atoms with Crippen LogP contribution in [0.3, 0.4) is 0 Å². The number of rotatable bonds is 5. The minimum absolute atomic E-state index is 0.0249. The van der Waals surface area contributed by atoms with Gasteiger partial charge in [0.25, 0.3) is 5.91 Å². The van der Waals surface area contributed by atoms with Crippen LogP contribution in [0.25, 0.3) is 5.82 Å². The SMILES string of the molecule is Cc1cc(C)n(-c2ccc(Cl)c(C(=O)OCC(=O)Nc3cc(F)ccc3F)n2)n1. The summed E-state index contributed by atoms with van der Waals surface area (Å²) in [6.07, 6.45) is 0. The number of benzene rings is 1. The normalized spacial score (nSPS) is 10.7. The summed E-state index contributed by atoms with van der Waals surface area (Å²) in [6.45, 7) is 2.90. The van der Waals surface area contributed by atoms with Gasteiger partial charge in [0.1, 0.15) is 11.6 Å². The molecule has 2 aromatic heterocycles. The first-order valence-electron chi connectivity index (χ1n) is 8.37. The second-order valence-electron chi connectivity index (χ2n) is 6.09. The Kier molecular flexibility index (Phi) is 5.88. The molecule has 0 aliphatic heterocycles. The third-order valence-electron chi connectivity index (χ3n) is 3.79. The monoisotopic (exact) mass is 420 g/mol. The average Bonchev–Trinajstić information content (AvgIpc) is 3.01. The number of aromatic nitrogens is 3. The van der Waals surface area contributed by atoms with Crippen LogP contribution < -0.4 is 5.32 Å². The van der Waals surface area contributed by atoms with Crippen LogP contribution in [0, 0.1) is 25.5 Å². The maximum absolute atomic E-state index is 13.6. The molecule has 0 bridgehead atoms. The number of hydrogen-bond donors (Lipinski definition) is 1. The summed E-state index contributed by atoms with van der Waals surface area (Å²) in [5.74, 6) is -3.01. The molecule has 150 valence electrons. The number of esters is 1. The van der Waals surface area contributed by atoms with Crippen LogP contribution >= 0.6 is 11.6 Å². The molecule has 1 aromatic carbocycles. The van der Waals surface area contributed by atoms with E-state index in [-0.39, 0.29) is 16.4 Å². The van der Waals surface area contributed by atoms with Gasteiger partial charge >= 0.3 is 5.97 Å². The van der Waals surface area contributed by atoms with Gasteiger partial charge in [-0.05, 0) is 44.2 Å². The number of aryl methyl sites for hydroxylation is 2. The fraction of sp³-hybridized carbons (Fsp3) is 0.158. The molecule has 3 rings (SSSR count). The largest absolute Gasteiger partial charge is 0.451 e. The molecule has 7 nitrogen and oxygen atoms in total. The van der Waals surface area contributed by atoms with E-state index in [2.05, 4.69) is 15.4 Å². The zero-order valence-electron chi connectivity index (χ0n) is 15.4. The molecule has 0 saturated heterocycles. The molecule has 0 aliphatic carbocycles. The number of nitrogens with zero attached hydrogens (tertiary/aromatic N) is 3. The van der Waals surface area contributed by atoms with E-state index in [0.717, 1.165) is 29.6 Å². The van der Waals surface area contributed by atoms with Crippen molar-refractivity contribution in [3.63, 3.8) is 0 Å². The van der Waals surface area contributed by atoms with E-state index in [1.54, 1.807) is 6.07 Å². The third-order valence-corrected chi connectivity index (χ3v) is 4.09. The molecular formula is C19H15ClF2N4O3. The summed E-state index contributed by atoms with van der Waals surface area (Å²) in [4.78, 5) is 28.3. The van der Waals surface area contributed by atoms with Crippen LogP contribution in [0.4, 0.5) is 14.5 Å². The minimum Gasteiger partial charge on any atom is -0.451 e. The third kappa shape index (κ3) is 4.75. The van der Waals surface area contributed by atoms with Crippen molar-refractivity contribution >= 4 is 29.2 Å². The Balaban J connectivity index is 1.70. The molecule has 3 aromatic rings. The lowest BCUT2D eigenvalue weighted by molar-refractivity contribution is -0.119. The highest BCUT2D eigenvalue weighted by Gasteiger charge is 2.18. The lowest BCUT2D eigenvalue weighted by Gasteiger charge is -2.09. The quantitative estimate of drug-likeness (QED) is 0.637. The summed E-state index contributed by atoms with van der Waals surface area (Å²) in [5, 5.41) is 6.42. The van der Waals surface area contributed by atoms with Gasteiger partial charge in [-0.1, -0.05) is 11.6 Å². The Bertz CT molecular complexity index is 1100. The predicted octanol–water partition coefficient (Wildman–Crippen LogP) is 3.61. The fourth-order valence-electron chi connectivity index (χ4n) is 2.53. The number of nitrogens with one attached hydrogen (secondary N) is 1. The molecule has 0 unspecified atom stereocenters. The van der Waals surface area contributed by atoms with Gasteiger partial charge in [0, 0.05) is 11.8 Å². The minimum atomic E-state index is -0.951. The molecule has 0 aliphatic rings. The molecule has 2 heterocycles. The van der Waals surface area contributed by atoms with Gasteiger partial charge in [-0.15, -0.1) is 0 Å². The Labute approximate surface area is 169 Å². The summed E-state index contributed by atoms with van der Waals surface area (Å²) < 4.78 is 33.1. The van der Waals surface area contributed by atoms with Gasteiger partial charge in [0.2, 0.25) is 0 Å². The van der Waals surface area contributed by atoms with Crippen molar-refractivity contribution < 1.29 is 23.1 Å². The first kappa shape index (κ1) is 20.4. The number of ether oxygens (including phenoxy) is 1. The Morgan fingerprint density at radius 2 is 1.93 bits per heavy atom. The number of pyridine rings is 1. The van der Waals surface area contributed by atoms with E-state index in [9.17, 15) is 18.4 Å². The highest BCUT2D eigenvalue weighted by atomic mass is 35.5. The number of halogens is 3. The maximum atomic E-state index is 13.6. The fourth-order valence-corrected chi connectivity index (χ4v) is 2.72. The number of amides is 1. The lowest BCUT2D eigenvalue weighted by Crippen LogP contribution is -2.22. The van der Waals surface area contributed by atoms with Crippen molar-refractivity contribution in [2.24, 2.45) is 0 Å². The van der Waals surface area contributed by atoms with Crippen molar-refractivity contribution in [1.29, 1.82) is 0 Å². The van der Waals surface area contributed by atoms with Crippen LogP contribution in [0.15, 0.2) is 36.4 Å². The Morgan fingerprint density at radius 3 is 2.62 bits per heavy atom. The van der Waals surface area contributed by atoms with Gasteiger partial charge < -0.3 is 10.1 Å². The van der Waals surface area contributed by atoms with Crippen molar-refractivity contribution in [3.8, 4) is 5.82 Å². The summed E-state index contributed by atoms with van der Waals surface area (Å²) in [5.41, 5.74) is 0.993. The van der Waals surface area contributed by atoms with E-state index < -0.39 is 30.1 Å². The standard InChI is InChI=1S/C19H15ClF2N4O3/c1-10-7-11(2)26(25-10)16-6-4-13(20)18(24-16)19(28)29-9-17(27)23-15-8-12(21)3-5-14(15)22/h3-8H,9H2,1-2H3,(H,23,27). The molecule has 1 amide bonds. The first-order chi connectivity index (χ1) is 13.7. The van der Waals surface area contributed by atoms with E-state index in [4.69, 9.17) is 16.3 Å². The molecule has 0 fully saturated rings. The van der Waals surface area contributed by atoms with E-state index in [1.165, 1.54) is 10.7 Å². The highest BCUT2D eigenvalue weighted by molar-refractivity contribution is 6.33. The number of carbonyl (C=O) groups excluding carboxylic acids is 2. The molecule has 0 spiro atoms. The van der Waals surface area contributed by atoms with E-state index >= 15 is 0 Å². The molecule has 1 N–H and O–H groups in total. The van der Waals surface area contributed by atoms with Gasteiger partial charge in [-0.3, -0.25) is 4.79 Å². The van der Waals surface area contributed by atoms with Gasteiger partial charge in [-0.25, -0.2) is 23.2 Å². The van der Waals surface area contributed by atoms with E-state index in [0.29, 0.717) is 5.82 Å². The van der Waals surface area contributed by atoms with Gasteiger partial charge in [0.15, 0.2) is 18.1 Å². The molecule has 0 radical (unpaired) electrons. The van der Waals surface area contributed by atoms with Gasteiger partial charge in [-0.2, -0.15) is 5.10 Å². The lowest BCUT2D eigenvalue weighted by atomic mass is 10.3. The van der Waals surface area contributed by atoms with Crippen LogP contribution in [-0.2, 0) is 9.53 Å². The van der Waals surface area contributed by atoms with Crippen molar-refractivity contribution in [2.45, 2.75) is 13.8 Å². The predicted molar refractivity (Wildman–Crippen MR) is 101 cm³/mol.